The summed E-state index contributed by atoms with van der Waals surface area (Å²) in [5.74, 6) is 0. The SMILES string of the molecule is Cc1sc(C)c2c1CN(C)C2. The Morgan fingerprint density at radius 1 is 1.09 bits per heavy atom. The van der Waals surface area contributed by atoms with Crippen molar-refractivity contribution in [2.45, 2.75) is 26.9 Å². The molecule has 11 heavy (non-hydrogen) atoms. The lowest BCUT2D eigenvalue weighted by atomic mass is 10.2. The first-order valence-electron chi connectivity index (χ1n) is 3.95. The molecular formula is C9H13NS. The first-order chi connectivity index (χ1) is 5.18. The van der Waals surface area contributed by atoms with Crippen molar-refractivity contribution in [1.29, 1.82) is 0 Å². The van der Waals surface area contributed by atoms with Crippen LogP contribution in [0.3, 0.4) is 0 Å². The fourth-order valence-electron chi connectivity index (χ4n) is 1.79. The fourth-order valence-corrected chi connectivity index (χ4v) is 2.87. The van der Waals surface area contributed by atoms with Gasteiger partial charge in [-0.1, -0.05) is 0 Å². The normalized spacial score (nSPS) is 17.4. The summed E-state index contributed by atoms with van der Waals surface area (Å²) in [6.07, 6.45) is 0. The van der Waals surface area contributed by atoms with Gasteiger partial charge in [0.1, 0.15) is 0 Å². The maximum absolute atomic E-state index is 2.37. The second-order valence-electron chi connectivity index (χ2n) is 3.34. The molecule has 0 spiro atoms. The van der Waals surface area contributed by atoms with E-state index in [2.05, 4.69) is 25.8 Å². The molecule has 0 amide bonds. The van der Waals surface area contributed by atoms with E-state index in [4.69, 9.17) is 0 Å². The number of thiophene rings is 1. The molecule has 0 N–H and O–H groups in total. The van der Waals surface area contributed by atoms with E-state index in [1.165, 1.54) is 9.75 Å². The van der Waals surface area contributed by atoms with Gasteiger partial charge in [0.05, 0.1) is 0 Å². The average Bonchev–Trinajstić information content (AvgIpc) is 2.38. The number of aryl methyl sites for hydroxylation is 2. The van der Waals surface area contributed by atoms with Gasteiger partial charge in [0.2, 0.25) is 0 Å². The van der Waals surface area contributed by atoms with Crippen molar-refractivity contribution in [3.8, 4) is 0 Å². The maximum Gasteiger partial charge on any atom is 0.0248 e. The predicted molar refractivity (Wildman–Crippen MR) is 49.0 cm³/mol. The minimum absolute atomic E-state index is 1.16. The van der Waals surface area contributed by atoms with Crippen molar-refractivity contribution in [2.75, 3.05) is 7.05 Å². The highest BCUT2D eigenvalue weighted by molar-refractivity contribution is 7.12. The van der Waals surface area contributed by atoms with E-state index in [1.54, 1.807) is 11.1 Å². The molecule has 2 heteroatoms. The zero-order valence-electron chi connectivity index (χ0n) is 7.27. The quantitative estimate of drug-likeness (QED) is 0.573. The Kier molecular flexibility index (Phi) is 1.55. The van der Waals surface area contributed by atoms with E-state index in [9.17, 15) is 0 Å². The van der Waals surface area contributed by atoms with E-state index in [0.29, 0.717) is 0 Å². The second-order valence-corrected chi connectivity index (χ2v) is 4.77. The van der Waals surface area contributed by atoms with Gasteiger partial charge in [-0.15, -0.1) is 11.3 Å². The molecule has 1 aromatic heterocycles. The Morgan fingerprint density at radius 2 is 1.55 bits per heavy atom. The van der Waals surface area contributed by atoms with Crippen LogP contribution < -0.4 is 0 Å². The van der Waals surface area contributed by atoms with Crippen molar-refractivity contribution in [2.24, 2.45) is 0 Å². The Labute approximate surface area is 71.7 Å². The van der Waals surface area contributed by atoms with E-state index in [1.807, 2.05) is 11.3 Å². The van der Waals surface area contributed by atoms with E-state index < -0.39 is 0 Å². The van der Waals surface area contributed by atoms with Gasteiger partial charge >= 0.3 is 0 Å². The van der Waals surface area contributed by atoms with Crippen LogP contribution in [0.5, 0.6) is 0 Å². The van der Waals surface area contributed by atoms with Gasteiger partial charge in [-0.3, -0.25) is 4.90 Å². The molecule has 1 nitrogen and oxygen atoms in total. The first-order valence-corrected chi connectivity index (χ1v) is 4.76. The molecular weight excluding hydrogens is 154 g/mol. The molecule has 1 aliphatic heterocycles. The zero-order chi connectivity index (χ0) is 8.01. The van der Waals surface area contributed by atoms with Gasteiger partial charge in [0, 0.05) is 22.8 Å². The van der Waals surface area contributed by atoms with Crippen LogP contribution in [0, 0.1) is 13.8 Å². The monoisotopic (exact) mass is 167 g/mol. The van der Waals surface area contributed by atoms with Crippen LogP contribution in [-0.4, -0.2) is 11.9 Å². The Hall–Kier alpha value is -0.340. The molecule has 2 rings (SSSR count). The van der Waals surface area contributed by atoms with E-state index in [0.717, 1.165) is 13.1 Å². The number of fused-ring (bicyclic) bond motifs is 1. The van der Waals surface area contributed by atoms with Crippen molar-refractivity contribution in [3.63, 3.8) is 0 Å². The van der Waals surface area contributed by atoms with E-state index >= 15 is 0 Å². The van der Waals surface area contributed by atoms with Gasteiger partial charge < -0.3 is 0 Å². The summed E-state index contributed by atoms with van der Waals surface area (Å²) >= 11 is 1.95. The average molecular weight is 167 g/mol. The largest absolute Gasteiger partial charge is 0.298 e. The summed E-state index contributed by atoms with van der Waals surface area (Å²) in [6.45, 7) is 6.78. The van der Waals surface area contributed by atoms with Gasteiger partial charge in [-0.2, -0.15) is 0 Å². The Morgan fingerprint density at radius 3 is 2.00 bits per heavy atom. The van der Waals surface area contributed by atoms with Crippen LogP contribution in [0.4, 0.5) is 0 Å². The molecule has 0 aromatic carbocycles. The lowest BCUT2D eigenvalue weighted by Gasteiger charge is -2.05. The van der Waals surface area contributed by atoms with Gasteiger partial charge in [-0.05, 0) is 32.0 Å². The summed E-state index contributed by atoms with van der Waals surface area (Å²) < 4.78 is 0. The van der Waals surface area contributed by atoms with Crippen molar-refractivity contribution in [1.82, 2.24) is 4.90 Å². The molecule has 0 saturated heterocycles. The summed E-state index contributed by atoms with van der Waals surface area (Å²) in [4.78, 5) is 5.40. The lowest BCUT2D eigenvalue weighted by molar-refractivity contribution is 0.352. The standard InChI is InChI=1S/C9H13NS/c1-6-8-4-10(3)5-9(8)7(2)11-6/h4-5H2,1-3H3. The molecule has 0 fully saturated rings. The number of hydrogen-bond donors (Lipinski definition) is 0. The molecule has 0 atom stereocenters. The van der Waals surface area contributed by atoms with Crippen molar-refractivity contribution < 1.29 is 0 Å². The fraction of sp³-hybridized carbons (Fsp3) is 0.556. The highest BCUT2D eigenvalue weighted by Gasteiger charge is 2.21. The van der Waals surface area contributed by atoms with Crippen LogP contribution >= 0.6 is 11.3 Å². The maximum atomic E-state index is 2.37. The molecule has 1 aliphatic rings. The summed E-state index contributed by atoms with van der Waals surface area (Å²) in [5, 5.41) is 0. The van der Waals surface area contributed by atoms with Crippen LogP contribution in [0.1, 0.15) is 20.9 Å². The molecule has 0 saturated carbocycles. The van der Waals surface area contributed by atoms with Gasteiger partial charge in [0.15, 0.2) is 0 Å². The Balaban J connectivity index is 2.51. The third kappa shape index (κ3) is 1.01. The number of rotatable bonds is 0. The molecule has 0 radical (unpaired) electrons. The lowest BCUT2D eigenvalue weighted by Crippen LogP contribution is -2.08. The van der Waals surface area contributed by atoms with Crippen LogP contribution in [0.15, 0.2) is 0 Å². The zero-order valence-corrected chi connectivity index (χ0v) is 8.09. The minimum atomic E-state index is 1.16. The summed E-state index contributed by atoms with van der Waals surface area (Å²) in [7, 11) is 2.18. The van der Waals surface area contributed by atoms with Gasteiger partial charge in [-0.25, -0.2) is 0 Å². The summed E-state index contributed by atoms with van der Waals surface area (Å²) in [5.41, 5.74) is 3.19. The van der Waals surface area contributed by atoms with Gasteiger partial charge in [0.25, 0.3) is 0 Å². The minimum Gasteiger partial charge on any atom is -0.298 e. The number of nitrogens with zero attached hydrogens (tertiary/aromatic N) is 1. The van der Waals surface area contributed by atoms with Crippen LogP contribution in [0.25, 0.3) is 0 Å². The molecule has 2 heterocycles. The smallest absolute Gasteiger partial charge is 0.0248 e. The second kappa shape index (κ2) is 2.32. The highest BCUT2D eigenvalue weighted by atomic mass is 32.1. The first kappa shape index (κ1) is 7.32. The number of hydrogen-bond acceptors (Lipinski definition) is 2. The molecule has 60 valence electrons. The van der Waals surface area contributed by atoms with Crippen molar-refractivity contribution in [3.05, 3.63) is 20.9 Å². The predicted octanol–water partition coefficient (Wildman–Crippen LogP) is 2.31. The third-order valence-electron chi connectivity index (χ3n) is 2.38. The third-order valence-corrected chi connectivity index (χ3v) is 3.48. The van der Waals surface area contributed by atoms with Crippen LogP contribution in [0.2, 0.25) is 0 Å². The topological polar surface area (TPSA) is 3.24 Å². The van der Waals surface area contributed by atoms with Crippen LogP contribution in [-0.2, 0) is 13.1 Å². The van der Waals surface area contributed by atoms with E-state index in [-0.39, 0.29) is 0 Å². The molecule has 0 bridgehead atoms. The molecule has 1 aromatic rings. The molecule has 0 unspecified atom stereocenters. The summed E-state index contributed by atoms with van der Waals surface area (Å²) in [6, 6.07) is 0. The Bertz CT molecular complexity index is 261. The highest BCUT2D eigenvalue weighted by Crippen LogP contribution is 2.33. The van der Waals surface area contributed by atoms with Crippen molar-refractivity contribution >= 4 is 11.3 Å². The molecule has 0 aliphatic carbocycles.